The molecule has 17 heavy (non-hydrogen) atoms. The van der Waals surface area contributed by atoms with Gasteiger partial charge in [0.15, 0.2) is 6.54 Å². The summed E-state index contributed by atoms with van der Waals surface area (Å²) >= 11 is 0. The van der Waals surface area contributed by atoms with E-state index in [1.54, 1.807) is 41.4 Å². The van der Waals surface area contributed by atoms with E-state index in [1.807, 2.05) is 23.9 Å². The minimum Gasteiger partial charge on any atom is -0.281 e. The van der Waals surface area contributed by atoms with Crippen molar-refractivity contribution >= 4 is 11.6 Å². The van der Waals surface area contributed by atoms with Crippen molar-refractivity contribution in [1.82, 2.24) is 4.57 Å². The summed E-state index contributed by atoms with van der Waals surface area (Å²) < 4.78 is 3.53. The van der Waals surface area contributed by atoms with E-state index in [0.29, 0.717) is 10.8 Å². The number of aromatic nitrogens is 2. The van der Waals surface area contributed by atoms with E-state index in [0.717, 1.165) is 0 Å². The Morgan fingerprint density at radius 1 is 1.41 bits per heavy atom. The second-order valence-corrected chi connectivity index (χ2v) is 3.79. The van der Waals surface area contributed by atoms with Gasteiger partial charge in [-0.2, -0.15) is 5.06 Å². The number of hydroxylamine groups is 1. The molecule has 0 aliphatic rings. The maximum atomic E-state index is 11.8. The molecule has 0 saturated carbocycles. The van der Waals surface area contributed by atoms with E-state index in [2.05, 4.69) is 0 Å². The van der Waals surface area contributed by atoms with Crippen LogP contribution in [0.2, 0.25) is 0 Å². The molecule has 0 saturated heterocycles. The smallest absolute Gasteiger partial charge is 0.281 e. The molecule has 0 spiro atoms. The fourth-order valence-corrected chi connectivity index (χ4v) is 1.53. The first-order valence-electron chi connectivity index (χ1n) is 5.25. The topological polar surface area (TPSA) is 49.3 Å². The van der Waals surface area contributed by atoms with Gasteiger partial charge in [-0.25, -0.2) is 9.13 Å². The molecule has 1 N–H and O–H groups in total. The molecular weight excluding hydrogens is 218 g/mol. The van der Waals surface area contributed by atoms with Crippen molar-refractivity contribution < 1.29 is 14.6 Å². The largest absolute Gasteiger partial charge is 0.292 e. The number of amides is 1. The Morgan fingerprint density at radius 3 is 2.71 bits per heavy atom. The summed E-state index contributed by atoms with van der Waals surface area (Å²) in [5.74, 6) is -0.382. The number of imidazole rings is 1. The lowest BCUT2D eigenvalue weighted by Crippen LogP contribution is -2.31. The second kappa shape index (κ2) is 4.80. The van der Waals surface area contributed by atoms with Crippen LogP contribution in [0.5, 0.6) is 0 Å². The van der Waals surface area contributed by atoms with Gasteiger partial charge in [-0.3, -0.25) is 10.0 Å². The van der Waals surface area contributed by atoms with Gasteiger partial charge in [-0.05, 0) is 12.1 Å². The number of hydrogen-bond acceptors (Lipinski definition) is 2. The Labute approximate surface area is 99.1 Å². The van der Waals surface area contributed by atoms with Gasteiger partial charge in [0.05, 0.1) is 12.7 Å². The zero-order valence-corrected chi connectivity index (χ0v) is 9.52. The van der Waals surface area contributed by atoms with Gasteiger partial charge in [-0.1, -0.05) is 18.2 Å². The number of hydrogen-bond donors (Lipinski definition) is 1. The third-order valence-corrected chi connectivity index (χ3v) is 2.38. The Balaban J connectivity index is 2.06. The van der Waals surface area contributed by atoms with E-state index in [-0.39, 0.29) is 12.5 Å². The van der Waals surface area contributed by atoms with Crippen LogP contribution in [0.15, 0.2) is 49.1 Å². The van der Waals surface area contributed by atoms with Crippen LogP contribution in [0.3, 0.4) is 0 Å². The van der Waals surface area contributed by atoms with Crippen LogP contribution in [0, 0.1) is 0 Å². The summed E-state index contributed by atoms with van der Waals surface area (Å²) in [6.45, 7) is 0.103. The van der Waals surface area contributed by atoms with Crippen molar-refractivity contribution in [3.8, 4) is 0 Å². The van der Waals surface area contributed by atoms with Gasteiger partial charge >= 0.3 is 0 Å². The third-order valence-electron chi connectivity index (χ3n) is 2.38. The molecule has 0 atom stereocenters. The molecule has 0 fully saturated rings. The minimum absolute atomic E-state index is 0.103. The first-order chi connectivity index (χ1) is 8.16. The number of para-hydroxylation sites is 1. The number of anilines is 1. The van der Waals surface area contributed by atoms with E-state index in [9.17, 15) is 10.0 Å². The maximum Gasteiger partial charge on any atom is 0.292 e. The average molecular weight is 232 g/mol. The zero-order chi connectivity index (χ0) is 12.3. The van der Waals surface area contributed by atoms with E-state index in [4.69, 9.17) is 0 Å². The van der Waals surface area contributed by atoms with Crippen LogP contribution in [-0.4, -0.2) is 15.7 Å². The predicted octanol–water partition coefficient (Wildman–Crippen LogP) is 0.735. The highest BCUT2D eigenvalue weighted by Gasteiger charge is 2.16. The van der Waals surface area contributed by atoms with Crippen molar-refractivity contribution in [1.29, 1.82) is 0 Å². The quantitative estimate of drug-likeness (QED) is 0.482. The van der Waals surface area contributed by atoms with Gasteiger partial charge < -0.3 is 0 Å². The molecule has 2 rings (SSSR count). The number of carbonyl (C=O) groups excluding carboxylic acids is 1. The summed E-state index contributed by atoms with van der Waals surface area (Å²) in [4.78, 5) is 11.8. The van der Waals surface area contributed by atoms with E-state index < -0.39 is 0 Å². The van der Waals surface area contributed by atoms with Crippen molar-refractivity contribution in [2.24, 2.45) is 7.05 Å². The van der Waals surface area contributed by atoms with Crippen LogP contribution in [-0.2, 0) is 18.4 Å². The van der Waals surface area contributed by atoms with Crippen LogP contribution in [0.1, 0.15) is 0 Å². The Kier molecular flexibility index (Phi) is 3.20. The van der Waals surface area contributed by atoms with Gasteiger partial charge in [0, 0.05) is 0 Å². The maximum absolute atomic E-state index is 11.8. The van der Waals surface area contributed by atoms with Gasteiger partial charge in [0.2, 0.25) is 6.33 Å². The summed E-state index contributed by atoms with van der Waals surface area (Å²) in [6, 6.07) is 8.71. The van der Waals surface area contributed by atoms with E-state index >= 15 is 0 Å². The van der Waals surface area contributed by atoms with Crippen LogP contribution >= 0.6 is 0 Å². The number of nitrogens with zero attached hydrogens (tertiary/aromatic N) is 3. The van der Waals surface area contributed by atoms with Crippen molar-refractivity contribution in [3.63, 3.8) is 0 Å². The lowest BCUT2D eigenvalue weighted by atomic mass is 10.3. The van der Waals surface area contributed by atoms with Crippen LogP contribution < -0.4 is 9.63 Å². The standard InChI is InChI=1S/C12H14N3O2/c1-13-7-8-14(10-13)9-12(16)15(17)11-5-3-2-4-6-11/h2-8,10,17H,9H2,1H3/q+1. The number of rotatable bonds is 3. The number of benzene rings is 1. The lowest BCUT2D eigenvalue weighted by Gasteiger charge is -2.13. The fourth-order valence-electron chi connectivity index (χ4n) is 1.53. The first-order valence-corrected chi connectivity index (χ1v) is 5.25. The third kappa shape index (κ3) is 2.70. The van der Waals surface area contributed by atoms with Crippen molar-refractivity contribution in [3.05, 3.63) is 49.1 Å². The van der Waals surface area contributed by atoms with Gasteiger partial charge in [0.1, 0.15) is 12.4 Å². The molecule has 1 amide bonds. The Morgan fingerprint density at radius 2 is 2.12 bits per heavy atom. The van der Waals surface area contributed by atoms with Crippen LogP contribution in [0.25, 0.3) is 0 Å². The Hall–Kier alpha value is -2.14. The molecule has 1 aromatic carbocycles. The van der Waals surface area contributed by atoms with Crippen molar-refractivity contribution in [2.75, 3.05) is 5.06 Å². The SMILES string of the molecule is C[n+]1ccn(CC(=O)N(O)c2ccccc2)c1. The molecular formula is C12H14N3O2+. The summed E-state index contributed by atoms with van der Waals surface area (Å²) in [5, 5.41) is 10.4. The molecule has 5 nitrogen and oxygen atoms in total. The molecule has 0 radical (unpaired) electrons. The monoisotopic (exact) mass is 232 g/mol. The number of carbonyl (C=O) groups is 1. The van der Waals surface area contributed by atoms with Crippen molar-refractivity contribution in [2.45, 2.75) is 6.54 Å². The highest BCUT2D eigenvalue weighted by Crippen LogP contribution is 2.11. The predicted molar refractivity (Wildman–Crippen MR) is 61.3 cm³/mol. The zero-order valence-electron chi connectivity index (χ0n) is 9.52. The lowest BCUT2D eigenvalue weighted by molar-refractivity contribution is -0.671. The highest BCUT2D eigenvalue weighted by atomic mass is 16.5. The minimum atomic E-state index is -0.382. The molecule has 5 heteroatoms. The average Bonchev–Trinajstić information content (AvgIpc) is 2.75. The molecule has 0 aliphatic heterocycles. The summed E-state index contributed by atoms with van der Waals surface area (Å²) in [7, 11) is 1.87. The fraction of sp³-hybridized carbons (Fsp3) is 0.167. The summed E-state index contributed by atoms with van der Waals surface area (Å²) in [6.07, 6.45) is 5.38. The molecule has 1 aromatic heterocycles. The first kappa shape index (κ1) is 11.3. The van der Waals surface area contributed by atoms with Gasteiger partial charge in [-0.15, -0.1) is 0 Å². The molecule has 1 heterocycles. The normalized spacial score (nSPS) is 10.2. The Bertz CT molecular complexity index is 507. The van der Waals surface area contributed by atoms with E-state index in [1.165, 1.54) is 0 Å². The molecule has 2 aromatic rings. The second-order valence-electron chi connectivity index (χ2n) is 3.79. The molecule has 0 unspecified atom stereocenters. The highest BCUT2D eigenvalue weighted by molar-refractivity contribution is 5.90. The summed E-state index contributed by atoms with van der Waals surface area (Å²) in [5.41, 5.74) is 0.467. The van der Waals surface area contributed by atoms with Crippen LogP contribution in [0.4, 0.5) is 5.69 Å². The molecule has 0 bridgehead atoms. The molecule has 0 aliphatic carbocycles. The number of aryl methyl sites for hydroxylation is 1. The molecule has 88 valence electrons. The van der Waals surface area contributed by atoms with Gasteiger partial charge in [0.25, 0.3) is 5.91 Å².